The molecular weight excluding hydrogens is 368 g/mol. The molecule has 3 rings (SSSR count). The Hall–Kier alpha value is -2.68. The second-order valence-corrected chi connectivity index (χ2v) is 6.91. The quantitative estimate of drug-likeness (QED) is 0.562. The fourth-order valence-electron chi connectivity index (χ4n) is 2.32. The van der Waals surface area contributed by atoms with Gasteiger partial charge in [-0.05, 0) is 36.2 Å². The van der Waals surface area contributed by atoms with Crippen LogP contribution in [0.1, 0.15) is 23.2 Å². The molecule has 0 saturated carbocycles. The van der Waals surface area contributed by atoms with E-state index in [1.165, 1.54) is 11.3 Å². The summed E-state index contributed by atoms with van der Waals surface area (Å²) >= 11 is 7.39. The molecule has 0 radical (unpaired) electrons. The van der Waals surface area contributed by atoms with E-state index >= 15 is 0 Å². The number of nitrogens with zero attached hydrogens (tertiary/aromatic N) is 2. The molecule has 0 N–H and O–H groups in total. The number of thiazole rings is 1. The molecule has 0 bridgehead atoms. The standard InChI is InChI=1S/C20H15ClN2O2S/c21-17-8-6-16(7-9-17)20-23-18(13-26-20)12-25-19(24)10-5-14-1-3-15(11-22)4-2-14/h1-4,6-9,13H,5,10,12H2. The number of benzene rings is 2. The maximum atomic E-state index is 11.9. The number of aryl methyl sites for hydroxylation is 1. The van der Waals surface area contributed by atoms with Crippen molar-refractivity contribution in [3.05, 3.63) is 75.8 Å². The molecule has 4 nitrogen and oxygen atoms in total. The molecule has 0 unspecified atom stereocenters. The Kier molecular flexibility index (Phi) is 6.00. The van der Waals surface area contributed by atoms with E-state index in [0.29, 0.717) is 23.4 Å². The van der Waals surface area contributed by atoms with Gasteiger partial charge >= 0.3 is 5.97 Å². The van der Waals surface area contributed by atoms with Crippen molar-refractivity contribution in [1.29, 1.82) is 5.26 Å². The number of nitriles is 1. The highest BCUT2D eigenvalue weighted by Crippen LogP contribution is 2.25. The minimum Gasteiger partial charge on any atom is -0.459 e. The first-order chi connectivity index (χ1) is 12.6. The summed E-state index contributed by atoms with van der Waals surface area (Å²) in [6.45, 7) is 0.163. The molecule has 0 spiro atoms. The van der Waals surface area contributed by atoms with E-state index in [4.69, 9.17) is 21.6 Å². The van der Waals surface area contributed by atoms with E-state index in [1.807, 2.05) is 41.8 Å². The fourth-order valence-corrected chi connectivity index (χ4v) is 3.25. The molecule has 1 heterocycles. The van der Waals surface area contributed by atoms with Crippen LogP contribution < -0.4 is 0 Å². The summed E-state index contributed by atoms with van der Waals surface area (Å²) in [5.41, 5.74) is 3.32. The normalized spacial score (nSPS) is 10.3. The molecule has 0 amide bonds. The number of halogens is 1. The van der Waals surface area contributed by atoms with Gasteiger partial charge in [0.25, 0.3) is 0 Å². The van der Waals surface area contributed by atoms with Crippen molar-refractivity contribution in [2.45, 2.75) is 19.4 Å². The third-order valence-electron chi connectivity index (χ3n) is 3.72. The van der Waals surface area contributed by atoms with Crippen LogP contribution in [0.2, 0.25) is 5.02 Å². The zero-order chi connectivity index (χ0) is 18.4. The van der Waals surface area contributed by atoms with Crippen LogP contribution in [-0.2, 0) is 22.6 Å². The summed E-state index contributed by atoms with van der Waals surface area (Å²) in [5.74, 6) is -0.268. The van der Waals surface area contributed by atoms with Crippen molar-refractivity contribution >= 4 is 28.9 Å². The van der Waals surface area contributed by atoms with Gasteiger partial charge in [-0.25, -0.2) is 4.98 Å². The van der Waals surface area contributed by atoms with Gasteiger partial charge in [-0.3, -0.25) is 4.79 Å². The minimum atomic E-state index is -0.268. The molecule has 0 aliphatic heterocycles. The lowest BCUT2D eigenvalue weighted by Crippen LogP contribution is -2.06. The highest BCUT2D eigenvalue weighted by molar-refractivity contribution is 7.13. The Morgan fingerprint density at radius 1 is 1.15 bits per heavy atom. The summed E-state index contributed by atoms with van der Waals surface area (Å²) < 4.78 is 5.29. The van der Waals surface area contributed by atoms with Crippen molar-refractivity contribution in [3.8, 4) is 16.6 Å². The zero-order valence-electron chi connectivity index (χ0n) is 13.8. The van der Waals surface area contributed by atoms with E-state index in [-0.39, 0.29) is 12.6 Å². The summed E-state index contributed by atoms with van der Waals surface area (Å²) in [5, 5.41) is 12.2. The summed E-state index contributed by atoms with van der Waals surface area (Å²) in [6, 6.07) is 16.7. The van der Waals surface area contributed by atoms with Gasteiger partial charge in [-0.2, -0.15) is 5.26 Å². The molecular formula is C20H15ClN2O2S. The topological polar surface area (TPSA) is 63.0 Å². The number of esters is 1. The Labute approximate surface area is 160 Å². The Morgan fingerprint density at radius 2 is 1.88 bits per heavy atom. The molecule has 26 heavy (non-hydrogen) atoms. The van der Waals surface area contributed by atoms with Gasteiger partial charge in [0.2, 0.25) is 0 Å². The van der Waals surface area contributed by atoms with Gasteiger partial charge in [-0.15, -0.1) is 11.3 Å². The first kappa shape index (κ1) is 18.1. The molecule has 0 fully saturated rings. The van der Waals surface area contributed by atoms with Crippen LogP contribution in [0.3, 0.4) is 0 Å². The van der Waals surface area contributed by atoms with Gasteiger partial charge in [0.1, 0.15) is 11.6 Å². The highest BCUT2D eigenvalue weighted by atomic mass is 35.5. The summed E-state index contributed by atoms with van der Waals surface area (Å²) in [7, 11) is 0. The third-order valence-corrected chi connectivity index (χ3v) is 4.92. The van der Waals surface area contributed by atoms with Crippen molar-refractivity contribution in [2.75, 3.05) is 0 Å². The number of carbonyl (C=O) groups excluding carboxylic acids is 1. The predicted molar refractivity (Wildman–Crippen MR) is 102 cm³/mol. The molecule has 6 heteroatoms. The second-order valence-electron chi connectivity index (χ2n) is 5.62. The number of rotatable bonds is 6. The SMILES string of the molecule is N#Cc1ccc(CCC(=O)OCc2csc(-c3ccc(Cl)cc3)n2)cc1. The Morgan fingerprint density at radius 3 is 2.58 bits per heavy atom. The molecule has 130 valence electrons. The fraction of sp³-hybridized carbons (Fsp3) is 0.150. The maximum absolute atomic E-state index is 11.9. The van der Waals surface area contributed by atoms with Gasteiger partial charge < -0.3 is 4.74 Å². The molecule has 0 aliphatic carbocycles. The first-order valence-corrected chi connectivity index (χ1v) is 9.25. The summed E-state index contributed by atoms with van der Waals surface area (Å²) in [4.78, 5) is 16.4. The monoisotopic (exact) mass is 382 g/mol. The molecule has 2 aromatic carbocycles. The predicted octanol–water partition coefficient (Wildman–Crippen LogP) is 5.01. The Bertz CT molecular complexity index is 928. The number of hydrogen-bond acceptors (Lipinski definition) is 5. The van der Waals surface area contributed by atoms with Gasteiger partial charge in [0.05, 0.1) is 17.3 Å². The second kappa shape index (κ2) is 8.61. The van der Waals surface area contributed by atoms with Crippen molar-refractivity contribution in [3.63, 3.8) is 0 Å². The van der Waals surface area contributed by atoms with Crippen LogP contribution >= 0.6 is 22.9 Å². The van der Waals surface area contributed by atoms with Gasteiger partial charge in [0, 0.05) is 22.4 Å². The van der Waals surface area contributed by atoms with E-state index in [1.54, 1.807) is 12.1 Å². The van der Waals surface area contributed by atoms with Crippen molar-refractivity contribution in [1.82, 2.24) is 4.98 Å². The molecule has 0 saturated heterocycles. The number of hydrogen-bond donors (Lipinski definition) is 0. The lowest BCUT2D eigenvalue weighted by molar-refractivity contribution is -0.145. The largest absolute Gasteiger partial charge is 0.459 e. The lowest BCUT2D eigenvalue weighted by atomic mass is 10.1. The van der Waals surface area contributed by atoms with Crippen LogP contribution in [0, 0.1) is 11.3 Å². The van der Waals surface area contributed by atoms with Crippen LogP contribution in [-0.4, -0.2) is 11.0 Å². The maximum Gasteiger partial charge on any atom is 0.306 e. The average Bonchev–Trinajstić information content (AvgIpc) is 3.14. The molecule has 3 aromatic rings. The van der Waals surface area contributed by atoms with E-state index < -0.39 is 0 Å². The number of aromatic nitrogens is 1. The zero-order valence-corrected chi connectivity index (χ0v) is 15.4. The molecule has 0 aliphatic rings. The van der Waals surface area contributed by atoms with Crippen LogP contribution in [0.4, 0.5) is 0 Å². The van der Waals surface area contributed by atoms with Crippen LogP contribution in [0.25, 0.3) is 10.6 Å². The van der Waals surface area contributed by atoms with Crippen LogP contribution in [0.5, 0.6) is 0 Å². The highest BCUT2D eigenvalue weighted by Gasteiger charge is 2.08. The van der Waals surface area contributed by atoms with E-state index in [9.17, 15) is 4.79 Å². The minimum absolute atomic E-state index is 0.163. The van der Waals surface area contributed by atoms with E-state index in [2.05, 4.69) is 11.1 Å². The van der Waals surface area contributed by atoms with Crippen LogP contribution in [0.15, 0.2) is 53.9 Å². The molecule has 0 atom stereocenters. The first-order valence-electron chi connectivity index (χ1n) is 7.99. The van der Waals surface area contributed by atoms with Gasteiger partial charge in [0.15, 0.2) is 0 Å². The Balaban J connectivity index is 1.48. The van der Waals surface area contributed by atoms with Crippen molar-refractivity contribution < 1.29 is 9.53 Å². The third kappa shape index (κ3) is 4.92. The lowest BCUT2D eigenvalue weighted by Gasteiger charge is -2.03. The van der Waals surface area contributed by atoms with Gasteiger partial charge in [-0.1, -0.05) is 35.9 Å². The average molecular weight is 383 g/mol. The summed E-state index contributed by atoms with van der Waals surface area (Å²) in [6.07, 6.45) is 0.873. The smallest absolute Gasteiger partial charge is 0.306 e. The van der Waals surface area contributed by atoms with Crippen molar-refractivity contribution in [2.24, 2.45) is 0 Å². The van der Waals surface area contributed by atoms with E-state index in [0.717, 1.165) is 21.8 Å². The molecule has 1 aromatic heterocycles. The number of ether oxygens (including phenoxy) is 1. The number of carbonyl (C=O) groups is 1.